The lowest BCUT2D eigenvalue weighted by Crippen LogP contribution is -2.42. The molecule has 0 unspecified atom stereocenters. The number of aliphatic hydroxyl groups excluding tert-OH is 2. The number of hydrogen-bond donors (Lipinski definition) is 5. The lowest BCUT2D eigenvalue weighted by atomic mass is 9.91. The molecule has 1 saturated heterocycles. The van der Waals surface area contributed by atoms with Crippen LogP contribution in [0.3, 0.4) is 0 Å². The smallest absolute Gasteiger partial charge is 0.252 e. The zero-order valence-corrected chi connectivity index (χ0v) is 23.9. The molecule has 1 fully saturated rings. The third kappa shape index (κ3) is 6.42. The highest BCUT2D eigenvalue weighted by molar-refractivity contribution is 7.88. The monoisotopic (exact) mass is 595 g/mol. The summed E-state index contributed by atoms with van der Waals surface area (Å²) in [4.78, 5) is 25.9. The lowest BCUT2D eigenvalue weighted by Gasteiger charge is -2.20. The maximum absolute atomic E-state index is 12.4. The fraction of sp³-hybridized carbons (Fsp3) is 0.357. The van der Waals surface area contributed by atoms with Crippen LogP contribution in [-0.4, -0.2) is 81.7 Å². The van der Waals surface area contributed by atoms with Crippen molar-refractivity contribution in [1.82, 2.24) is 29.6 Å². The Hall–Kier alpha value is -3.95. The van der Waals surface area contributed by atoms with Gasteiger partial charge in [-0.3, -0.25) is 9.36 Å². The molecule has 222 valence electrons. The van der Waals surface area contributed by atoms with Crippen LogP contribution >= 0.6 is 0 Å². The number of amides is 1. The SMILES string of the molecule is CCNC(=O)[C@H]1O[C@@H](n2cnc3c(NCC(c4ccccc4)c4ccccc4)nc(CNS(C)(=O)=O)nc32)[C@H](O)[C@@H]1O. The molecule has 1 amide bonds. The first-order chi connectivity index (χ1) is 20.2. The van der Waals surface area contributed by atoms with Gasteiger partial charge in [-0.2, -0.15) is 0 Å². The number of carbonyl (C=O) groups is 1. The fourth-order valence-corrected chi connectivity index (χ4v) is 5.32. The number of sulfonamides is 1. The van der Waals surface area contributed by atoms with Crippen molar-refractivity contribution in [3.05, 3.63) is 83.9 Å². The first-order valence-corrected chi connectivity index (χ1v) is 15.4. The Kier molecular flexibility index (Phi) is 8.80. The van der Waals surface area contributed by atoms with E-state index in [2.05, 4.69) is 30.3 Å². The third-order valence-corrected chi connectivity index (χ3v) is 7.63. The van der Waals surface area contributed by atoms with Crippen LogP contribution < -0.4 is 15.4 Å². The third-order valence-electron chi connectivity index (χ3n) is 6.96. The maximum atomic E-state index is 12.4. The van der Waals surface area contributed by atoms with Gasteiger partial charge < -0.3 is 25.6 Å². The summed E-state index contributed by atoms with van der Waals surface area (Å²) < 4.78 is 33.2. The number of ether oxygens (including phenoxy) is 1. The molecule has 42 heavy (non-hydrogen) atoms. The summed E-state index contributed by atoms with van der Waals surface area (Å²) in [6.45, 7) is 2.28. The van der Waals surface area contributed by atoms with Crippen LogP contribution in [0.25, 0.3) is 11.2 Å². The van der Waals surface area contributed by atoms with Crippen molar-refractivity contribution in [2.45, 2.75) is 43.9 Å². The zero-order chi connectivity index (χ0) is 29.9. The highest BCUT2D eigenvalue weighted by atomic mass is 32.2. The van der Waals surface area contributed by atoms with E-state index in [9.17, 15) is 23.4 Å². The van der Waals surface area contributed by atoms with E-state index >= 15 is 0 Å². The molecule has 0 spiro atoms. The van der Waals surface area contributed by atoms with Gasteiger partial charge in [0.2, 0.25) is 10.0 Å². The van der Waals surface area contributed by atoms with Crippen molar-refractivity contribution in [1.29, 1.82) is 0 Å². The van der Waals surface area contributed by atoms with Crippen molar-refractivity contribution >= 4 is 32.9 Å². The maximum Gasteiger partial charge on any atom is 0.252 e. The minimum atomic E-state index is -3.55. The predicted octanol–water partition coefficient (Wildman–Crippen LogP) is 0.875. The minimum Gasteiger partial charge on any atom is -0.387 e. The Balaban J connectivity index is 1.51. The standard InChI is InChI=1S/C28H33N7O6S/c1-3-29-27(38)24-22(36)23(37)28(41-24)35-16-31-21-25(33-20(34-26(21)35)15-32-42(2,39)40)30-14-19(17-10-6-4-7-11-17)18-12-8-5-9-13-18/h4-13,16,19,22-24,28,32,36-37H,3,14-15H2,1-2H3,(H,29,38)(H,30,33,34)/t22-,23+,24-,28+/m0/s1. The molecule has 13 nitrogen and oxygen atoms in total. The van der Waals surface area contributed by atoms with E-state index < -0.39 is 40.5 Å². The number of anilines is 1. The number of carbonyl (C=O) groups excluding carboxylic acids is 1. The van der Waals surface area contributed by atoms with Gasteiger partial charge in [0.05, 0.1) is 19.1 Å². The van der Waals surface area contributed by atoms with Gasteiger partial charge in [-0.05, 0) is 18.1 Å². The number of benzene rings is 2. The molecule has 5 rings (SSSR count). The van der Waals surface area contributed by atoms with Crippen LogP contribution in [0.2, 0.25) is 0 Å². The Bertz CT molecular complexity index is 1600. The highest BCUT2D eigenvalue weighted by Crippen LogP contribution is 2.33. The molecule has 1 aliphatic heterocycles. The molecule has 2 aromatic heterocycles. The molecule has 0 bridgehead atoms. The van der Waals surface area contributed by atoms with Gasteiger partial charge >= 0.3 is 0 Å². The minimum absolute atomic E-state index is 0.0509. The van der Waals surface area contributed by atoms with Crippen molar-refractivity contribution in [2.24, 2.45) is 0 Å². The Morgan fingerprint density at radius 1 is 1.02 bits per heavy atom. The fourth-order valence-electron chi connectivity index (χ4n) is 4.92. The molecule has 4 aromatic rings. The van der Waals surface area contributed by atoms with E-state index in [-0.39, 0.29) is 23.9 Å². The lowest BCUT2D eigenvalue weighted by molar-refractivity contribution is -0.137. The second-order valence-corrected chi connectivity index (χ2v) is 11.8. The number of fused-ring (bicyclic) bond motifs is 1. The number of nitrogens with zero attached hydrogens (tertiary/aromatic N) is 4. The van der Waals surface area contributed by atoms with Crippen LogP contribution in [0.5, 0.6) is 0 Å². The highest BCUT2D eigenvalue weighted by Gasteiger charge is 2.47. The molecule has 1 aliphatic rings. The molecule has 0 radical (unpaired) electrons. The summed E-state index contributed by atoms with van der Waals surface area (Å²) in [5.74, 6) is -0.125. The van der Waals surface area contributed by atoms with Gasteiger partial charge in [0.25, 0.3) is 5.91 Å². The van der Waals surface area contributed by atoms with Gasteiger partial charge in [-0.1, -0.05) is 60.7 Å². The van der Waals surface area contributed by atoms with Crippen LogP contribution in [0.4, 0.5) is 5.82 Å². The van der Waals surface area contributed by atoms with Crippen molar-refractivity contribution in [3.8, 4) is 0 Å². The van der Waals surface area contributed by atoms with Crippen molar-refractivity contribution < 1.29 is 28.2 Å². The molecule has 0 aliphatic carbocycles. The van der Waals surface area contributed by atoms with E-state index in [1.54, 1.807) is 6.92 Å². The number of likely N-dealkylation sites (N-methyl/N-ethyl adjacent to an activating group) is 1. The van der Waals surface area contributed by atoms with Gasteiger partial charge in [0, 0.05) is 19.0 Å². The predicted molar refractivity (Wildman–Crippen MR) is 155 cm³/mol. The van der Waals surface area contributed by atoms with Gasteiger partial charge in [-0.25, -0.2) is 28.1 Å². The van der Waals surface area contributed by atoms with Gasteiger partial charge in [0.15, 0.2) is 29.3 Å². The number of hydrogen-bond acceptors (Lipinski definition) is 10. The summed E-state index contributed by atoms with van der Waals surface area (Å²) in [7, 11) is -3.55. The van der Waals surface area contributed by atoms with Gasteiger partial charge in [-0.15, -0.1) is 0 Å². The summed E-state index contributed by atoms with van der Waals surface area (Å²) in [5.41, 5.74) is 2.73. The molecular formula is C28H33N7O6S. The molecule has 5 N–H and O–H groups in total. The van der Waals surface area contributed by atoms with E-state index in [0.717, 1.165) is 17.4 Å². The molecule has 4 atom stereocenters. The number of aromatic nitrogens is 4. The van der Waals surface area contributed by atoms with Gasteiger partial charge in [0.1, 0.15) is 18.0 Å². The van der Waals surface area contributed by atoms with E-state index in [1.807, 2.05) is 60.7 Å². The summed E-state index contributed by atoms with van der Waals surface area (Å²) >= 11 is 0. The Labute approximate surface area is 243 Å². The molecule has 0 saturated carbocycles. The largest absolute Gasteiger partial charge is 0.387 e. The summed E-state index contributed by atoms with van der Waals surface area (Å²) in [6, 6.07) is 20.0. The van der Waals surface area contributed by atoms with E-state index in [0.29, 0.717) is 24.4 Å². The number of rotatable bonds is 11. The van der Waals surface area contributed by atoms with E-state index in [4.69, 9.17) is 4.74 Å². The molecule has 14 heteroatoms. The summed E-state index contributed by atoms with van der Waals surface area (Å²) in [5, 5.41) is 27.3. The van der Waals surface area contributed by atoms with Crippen molar-refractivity contribution in [2.75, 3.05) is 24.7 Å². The normalized spacial score (nSPS) is 20.7. The van der Waals surface area contributed by atoms with Crippen LogP contribution in [0.1, 0.15) is 36.0 Å². The number of imidazole rings is 1. The quantitative estimate of drug-likeness (QED) is 0.167. The number of nitrogens with one attached hydrogen (secondary N) is 3. The zero-order valence-electron chi connectivity index (χ0n) is 23.1. The van der Waals surface area contributed by atoms with Crippen LogP contribution in [-0.2, 0) is 26.1 Å². The molecule has 3 heterocycles. The summed E-state index contributed by atoms with van der Waals surface area (Å²) in [6.07, 6.45) is -3.01. The average molecular weight is 596 g/mol. The van der Waals surface area contributed by atoms with Crippen LogP contribution in [0.15, 0.2) is 67.0 Å². The van der Waals surface area contributed by atoms with E-state index in [1.165, 1.54) is 10.9 Å². The topological polar surface area (TPSA) is 181 Å². The Morgan fingerprint density at radius 3 is 2.26 bits per heavy atom. The second kappa shape index (κ2) is 12.5. The Morgan fingerprint density at radius 2 is 1.67 bits per heavy atom. The van der Waals surface area contributed by atoms with Crippen LogP contribution in [0, 0.1) is 0 Å². The molecule has 2 aromatic carbocycles. The first-order valence-electron chi connectivity index (χ1n) is 13.5. The second-order valence-electron chi connectivity index (χ2n) is 9.98. The first kappa shape index (κ1) is 29.5. The molecular weight excluding hydrogens is 562 g/mol. The average Bonchev–Trinajstić information content (AvgIpc) is 3.53. The van der Waals surface area contributed by atoms with Crippen molar-refractivity contribution in [3.63, 3.8) is 0 Å². The number of aliphatic hydroxyl groups is 2.